The fourth-order valence-corrected chi connectivity index (χ4v) is 2.57. The summed E-state index contributed by atoms with van der Waals surface area (Å²) in [4.78, 5) is -0.291. The normalized spacial score (nSPS) is 12.5. The molecular weight excluding hydrogens is 354 g/mol. The van der Waals surface area contributed by atoms with Crippen molar-refractivity contribution in [2.75, 3.05) is 0 Å². The lowest BCUT2D eigenvalue weighted by atomic mass is 10.0. The fourth-order valence-electron chi connectivity index (χ4n) is 1.53. The molecule has 2 rings (SSSR count). The van der Waals surface area contributed by atoms with Gasteiger partial charge in [-0.1, -0.05) is 40.2 Å². The van der Waals surface area contributed by atoms with Gasteiger partial charge in [-0.2, -0.15) is 0 Å². The van der Waals surface area contributed by atoms with Gasteiger partial charge in [0.15, 0.2) is 0 Å². The summed E-state index contributed by atoms with van der Waals surface area (Å²) in [5.74, 6) is -0.609. The zero-order valence-corrected chi connectivity index (χ0v) is 11.8. The van der Waals surface area contributed by atoms with E-state index in [2.05, 4.69) is 31.9 Å². The van der Waals surface area contributed by atoms with Crippen LogP contribution in [0, 0.1) is 11.6 Å². The lowest BCUT2D eigenvalue weighted by Gasteiger charge is -2.12. The van der Waals surface area contributed by atoms with Crippen LogP contribution in [-0.2, 0) is 0 Å². The van der Waals surface area contributed by atoms with Crippen LogP contribution < -0.4 is 0 Å². The van der Waals surface area contributed by atoms with Crippen LogP contribution in [0.2, 0.25) is 0 Å². The molecule has 0 amide bonds. The first-order valence-corrected chi connectivity index (χ1v) is 6.64. The van der Waals surface area contributed by atoms with Crippen molar-refractivity contribution in [2.45, 2.75) is 4.83 Å². The molecule has 1 unspecified atom stereocenters. The van der Waals surface area contributed by atoms with Crippen molar-refractivity contribution in [3.05, 3.63) is 69.7 Å². The molecule has 0 bridgehead atoms. The van der Waals surface area contributed by atoms with Crippen LogP contribution in [0.1, 0.15) is 16.0 Å². The Kier molecular flexibility index (Phi) is 3.94. The van der Waals surface area contributed by atoms with E-state index < -0.39 is 0 Å². The first-order chi connectivity index (χ1) is 8.09. The molecule has 0 aliphatic rings. The molecule has 4 heteroatoms. The van der Waals surface area contributed by atoms with E-state index in [-0.39, 0.29) is 16.5 Å². The van der Waals surface area contributed by atoms with Crippen molar-refractivity contribution >= 4 is 31.9 Å². The third kappa shape index (κ3) is 2.75. The largest absolute Gasteiger partial charge is 0.207 e. The lowest BCUT2D eigenvalue weighted by molar-refractivity contribution is 0.606. The van der Waals surface area contributed by atoms with Crippen molar-refractivity contribution in [1.29, 1.82) is 0 Å². The predicted molar refractivity (Wildman–Crippen MR) is 71.3 cm³/mol. The van der Waals surface area contributed by atoms with Crippen LogP contribution >= 0.6 is 31.9 Å². The van der Waals surface area contributed by atoms with Gasteiger partial charge in [0, 0.05) is 5.56 Å². The van der Waals surface area contributed by atoms with Crippen LogP contribution in [0.4, 0.5) is 8.78 Å². The molecule has 1 atom stereocenters. The molecule has 0 N–H and O–H groups in total. The highest BCUT2D eigenvalue weighted by Gasteiger charge is 2.16. The molecule has 0 nitrogen and oxygen atoms in total. The molecule has 0 fully saturated rings. The third-order valence-electron chi connectivity index (χ3n) is 2.42. The van der Waals surface area contributed by atoms with Gasteiger partial charge in [-0.05, 0) is 39.7 Å². The van der Waals surface area contributed by atoms with Crippen molar-refractivity contribution < 1.29 is 8.78 Å². The van der Waals surface area contributed by atoms with Crippen molar-refractivity contribution in [3.8, 4) is 0 Å². The van der Waals surface area contributed by atoms with Crippen molar-refractivity contribution in [2.24, 2.45) is 0 Å². The number of hydrogen-bond donors (Lipinski definition) is 0. The average Bonchev–Trinajstić information content (AvgIpc) is 2.33. The molecule has 0 heterocycles. The first-order valence-electron chi connectivity index (χ1n) is 4.93. The Bertz CT molecular complexity index is 523. The van der Waals surface area contributed by atoms with Gasteiger partial charge in [-0.15, -0.1) is 0 Å². The highest BCUT2D eigenvalue weighted by Crippen LogP contribution is 2.34. The Morgan fingerprint density at radius 2 is 1.59 bits per heavy atom. The van der Waals surface area contributed by atoms with E-state index in [0.717, 1.165) is 5.56 Å². The molecule has 0 radical (unpaired) electrons. The second-order valence-electron chi connectivity index (χ2n) is 3.56. The number of alkyl halides is 1. The molecule has 0 aliphatic carbocycles. The molecule has 0 aromatic heterocycles. The number of benzene rings is 2. The molecular formula is C13H8Br2F2. The highest BCUT2D eigenvalue weighted by molar-refractivity contribution is 9.10. The van der Waals surface area contributed by atoms with Crippen LogP contribution in [0.15, 0.2) is 46.9 Å². The summed E-state index contributed by atoms with van der Waals surface area (Å²) in [6.07, 6.45) is 0. The highest BCUT2D eigenvalue weighted by atomic mass is 79.9. The molecule has 0 saturated heterocycles. The summed E-state index contributed by atoms with van der Waals surface area (Å²) >= 11 is 6.56. The van der Waals surface area contributed by atoms with Gasteiger partial charge < -0.3 is 0 Å². The smallest absolute Gasteiger partial charge is 0.142 e. The maximum absolute atomic E-state index is 13.9. The Morgan fingerprint density at radius 3 is 2.24 bits per heavy atom. The standard InChI is InChI=1S/C13H8Br2F2/c14-11-3-1-2-10(13(11)17)12(15)8-4-6-9(16)7-5-8/h1-7,12H. The molecule has 2 aromatic rings. The molecule has 88 valence electrons. The molecule has 17 heavy (non-hydrogen) atoms. The van der Waals surface area contributed by atoms with E-state index in [1.807, 2.05) is 0 Å². The summed E-state index contributed by atoms with van der Waals surface area (Å²) in [6, 6.07) is 11.1. The predicted octanol–water partition coefficient (Wildman–Crippen LogP) is 5.21. The zero-order chi connectivity index (χ0) is 12.4. The minimum Gasteiger partial charge on any atom is -0.207 e. The second-order valence-corrected chi connectivity index (χ2v) is 5.33. The van der Waals surface area contributed by atoms with E-state index in [0.29, 0.717) is 10.0 Å². The van der Waals surface area contributed by atoms with Gasteiger partial charge in [0.1, 0.15) is 11.6 Å². The Morgan fingerprint density at radius 1 is 0.941 bits per heavy atom. The van der Waals surface area contributed by atoms with Crippen LogP contribution in [0.5, 0.6) is 0 Å². The minimum absolute atomic E-state index is 0.291. The lowest BCUT2D eigenvalue weighted by Crippen LogP contribution is -1.97. The van der Waals surface area contributed by atoms with Gasteiger partial charge in [-0.25, -0.2) is 8.78 Å². The summed E-state index contributed by atoms with van der Waals surface area (Å²) in [7, 11) is 0. The average molecular weight is 362 g/mol. The van der Waals surface area contributed by atoms with Gasteiger partial charge in [-0.3, -0.25) is 0 Å². The first kappa shape index (κ1) is 12.7. The summed E-state index contributed by atoms with van der Waals surface area (Å²) < 4.78 is 27.1. The Hall–Kier alpha value is -0.740. The Balaban J connectivity index is 2.40. The molecule has 0 spiro atoms. The van der Waals surface area contributed by atoms with E-state index >= 15 is 0 Å². The Labute approximate surface area is 115 Å². The van der Waals surface area contributed by atoms with Gasteiger partial charge in [0.25, 0.3) is 0 Å². The van der Waals surface area contributed by atoms with Crippen molar-refractivity contribution in [1.82, 2.24) is 0 Å². The maximum Gasteiger partial charge on any atom is 0.142 e. The maximum atomic E-state index is 13.9. The topological polar surface area (TPSA) is 0 Å². The van der Waals surface area contributed by atoms with Gasteiger partial charge in [0.2, 0.25) is 0 Å². The second kappa shape index (κ2) is 5.27. The van der Waals surface area contributed by atoms with E-state index in [4.69, 9.17) is 0 Å². The molecule has 2 aromatic carbocycles. The summed E-state index contributed by atoms with van der Waals surface area (Å²) in [6.45, 7) is 0. The number of hydrogen-bond acceptors (Lipinski definition) is 0. The van der Waals surface area contributed by atoms with Gasteiger partial charge in [0.05, 0.1) is 9.30 Å². The quantitative estimate of drug-likeness (QED) is 0.644. The van der Waals surface area contributed by atoms with E-state index in [9.17, 15) is 8.78 Å². The summed E-state index contributed by atoms with van der Waals surface area (Å²) in [5, 5.41) is 0. The number of rotatable bonds is 2. The van der Waals surface area contributed by atoms with Gasteiger partial charge >= 0.3 is 0 Å². The monoisotopic (exact) mass is 360 g/mol. The van der Waals surface area contributed by atoms with Crippen molar-refractivity contribution in [3.63, 3.8) is 0 Å². The third-order valence-corrected chi connectivity index (χ3v) is 4.05. The van der Waals surface area contributed by atoms with E-state index in [1.165, 1.54) is 12.1 Å². The van der Waals surface area contributed by atoms with E-state index in [1.54, 1.807) is 30.3 Å². The summed E-state index contributed by atoms with van der Waals surface area (Å²) in [5.41, 5.74) is 1.33. The minimum atomic E-state index is -0.307. The molecule has 0 aliphatic heterocycles. The zero-order valence-electron chi connectivity index (χ0n) is 8.63. The number of halogens is 4. The van der Waals surface area contributed by atoms with Crippen LogP contribution in [0.3, 0.4) is 0 Å². The fraction of sp³-hybridized carbons (Fsp3) is 0.0769. The van der Waals surface area contributed by atoms with Crippen LogP contribution in [-0.4, -0.2) is 0 Å². The molecule has 0 saturated carbocycles. The SMILES string of the molecule is Fc1ccc(C(Br)c2cccc(Br)c2F)cc1. The van der Waals surface area contributed by atoms with Crippen LogP contribution in [0.25, 0.3) is 0 Å².